The van der Waals surface area contributed by atoms with Gasteiger partial charge in [0.1, 0.15) is 5.60 Å². The third-order valence-electron chi connectivity index (χ3n) is 8.12. The van der Waals surface area contributed by atoms with Crippen LogP contribution in [-0.4, -0.2) is 95.6 Å². The predicted octanol–water partition coefficient (Wildman–Crippen LogP) is 2.39. The molecule has 5 rings (SSSR count). The maximum atomic E-state index is 12.9. The summed E-state index contributed by atoms with van der Waals surface area (Å²) in [7, 11) is 0. The minimum atomic E-state index is -4.56. The second-order valence-corrected chi connectivity index (χ2v) is 12.0. The molecule has 0 spiro atoms. The van der Waals surface area contributed by atoms with Crippen molar-refractivity contribution in [2.45, 2.75) is 56.0 Å². The van der Waals surface area contributed by atoms with Crippen LogP contribution in [0.3, 0.4) is 0 Å². The van der Waals surface area contributed by atoms with Gasteiger partial charge in [0.05, 0.1) is 30.2 Å². The molecular weight excluding hydrogens is 575 g/mol. The monoisotopic (exact) mass is 609 g/mol. The van der Waals surface area contributed by atoms with Crippen molar-refractivity contribution < 1.29 is 37.4 Å². The summed E-state index contributed by atoms with van der Waals surface area (Å²) in [5, 5.41) is 17.7. The number of amides is 3. The molecule has 3 amide bonds. The zero-order valence-corrected chi connectivity index (χ0v) is 23.8. The molecule has 228 valence electrons. The highest BCUT2D eigenvalue weighted by molar-refractivity contribution is 7.13. The third-order valence-corrected chi connectivity index (χ3v) is 9.30. The highest BCUT2D eigenvalue weighted by Gasteiger charge is 2.38. The van der Waals surface area contributed by atoms with Crippen molar-refractivity contribution in [2.24, 2.45) is 0 Å². The van der Waals surface area contributed by atoms with E-state index in [2.05, 4.69) is 15.6 Å². The Kier molecular flexibility index (Phi) is 9.16. The molecule has 3 N–H and O–H groups in total. The minimum absolute atomic E-state index is 0.0606. The molecule has 1 atom stereocenters. The highest BCUT2D eigenvalue weighted by Crippen LogP contribution is 2.40. The number of likely N-dealkylation sites (tertiary alicyclic amines) is 1. The molecule has 0 bridgehead atoms. The molecule has 3 aliphatic rings. The molecule has 14 heteroatoms. The van der Waals surface area contributed by atoms with Crippen molar-refractivity contribution in [3.05, 3.63) is 51.5 Å². The number of hydrogen-bond donors (Lipinski definition) is 3. The second-order valence-electron chi connectivity index (χ2n) is 11.0. The van der Waals surface area contributed by atoms with Gasteiger partial charge >= 0.3 is 6.18 Å². The average Bonchev–Trinajstić information content (AvgIpc) is 3.68. The van der Waals surface area contributed by atoms with E-state index in [-0.39, 0.29) is 36.0 Å². The summed E-state index contributed by atoms with van der Waals surface area (Å²) in [6.45, 7) is 2.75. The Morgan fingerprint density at radius 2 is 1.81 bits per heavy atom. The van der Waals surface area contributed by atoms with Crippen molar-refractivity contribution in [1.29, 1.82) is 0 Å². The van der Waals surface area contributed by atoms with E-state index < -0.39 is 23.2 Å². The first-order chi connectivity index (χ1) is 20.0. The number of aliphatic hydroxyl groups is 1. The predicted molar refractivity (Wildman–Crippen MR) is 147 cm³/mol. The van der Waals surface area contributed by atoms with Gasteiger partial charge in [-0.3, -0.25) is 14.4 Å². The van der Waals surface area contributed by atoms with Crippen molar-refractivity contribution >= 4 is 29.1 Å². The number of benzene rings is 1. The zero-order chi connectivity index (χ0) is 29.9. The van der Waals surface area contributed by atoms with Gasteiger partial charge < -0.3 is 30.3 Å². The van der Waals surface area contributed by atoms with Crippen molar-refractivity contribution in [1.82, 2.24) is 25.4 Å². The van der Waals surface area contributed by atoms with Crippen molar-refractivity contribution in [3.8, 4) is 0 Å². The summed E-state index contributed by atoms with van der Waals surface area (Å²) in [4.78, 5) is 46.1. The molecule has 42 heavy (non-hydrogen) atoms. The largest absolute Gasteiger partial charge is 0.416 e. The Morgan fingerprint density at radius 3 is 2.52 bits per heavy atom. The quantitative estimate of drug-likeness (QED) is 0.441. The van der Waals surface area contributed by atoms with Crippen LogP contribution in [0.1, 0.15) is 62.7 Å². The molecule has 0 radical (unpaired) electrons. The second kappa shape index (κ2) is 12.7. The standard InChI is InChI=1S/C28H34F3N5O5S/c29-28(30,31)19-3-1-2-18(14-19)24(38)32-16-23(37)36-9-6-21(17-36)34-20-4-7-27(40,8-5-20)22-15-33-25(42-22)26(39)35-10-12-41-13-11-35/h1-3,14-15,20-21,34,40H,4-13,16-17H2,(H,32,38)/t20?,21-,27?/m0/s1. The number of hydrogen-bond acceptors (Lipinski definition) is 8. The number of morpholine rings is 1. The normalized spacial score (nSPS) is 25.0. The molecule has 1 saturated carbocycles. The van der Waals surface area contributed by atoms with Gasteiger partial charge in [-0.1, -0.05) is 6.07 Å². The Balaban J connectivity index is 1.05. The van der Waals surface area contributed by atoms with Crippen molar-refractivity contribution in [2.75, 3.05) is 45.9 Å². The lowest BCUT2D eigenvalue weighted by Gasteiger charge is -2.36. The fourth-order valence-electron chi connectivity index (χ4n) is 5.66. The minimum Gasteiger partial charge on any atom is -0.384 e. The smallest absolute Gasteiger partial charge is 0.384 e. The SMILES string of the molecule is O=C(NCC(=O)N1CC[C@H](NC2CCC(O)(c3cnc(C(=O)N4CCOCC4)s3)CC2)C1)c1cccc(C(F)(F)F)c1. The maximum absolute atomic E-state index is 12.9. The molecule has 2 saturated heterocycles. The van der Waals surface area contributed by atoms with Crippen LogP contribution in [0, 0.1) is 0 Å². The molecule has 10 nitrogen and oxygen atoms in total. The van der Waals surface area contributed by atoms with Crippen LogP contribution in [0.25, 0.3) is 0 Å². The molecule has 1 aliphatic carbocycles. The van der Waals surface area contributed by atoms with Crippen LogP contribution in [-0.2, 0) is 21.3 Å². The number of alkyl halides is 3. The van der Waals surface area contributed by atoms with E-state index in [0.29, 0.717) is 62.1 Å². The number of carbonyl (C=O) groups excluding carboxylic acids is 3. The summed E-state index contributed by atoms with van der Waals surface area (Å²) in [5.41, 5.74) is -2.12. The molecular formula is C28H34F3N5O5S. The third kappa shape index (κ3) is 7.10. The lowest BCUT2D eigenvalue weighted by molar-refractivity contribution is -0.137. The molecule has 3 heterocycles. The maximum Gasteiger partial charge on any atom is 0.416 e. The van der Waals surface area contributed by atoms with E-state index in [1.165, 1.54) is 17.4 Å². The molecule has 1 aromatic carbocycles. The van der Waals surface area contributed by atoms with E-state index in [1.807, 2.05) is 0 Å². The van der Waals surface area contributed by atoms with Gasteiger partial charge in [-0.15, -0.1) is 11.3 Å². The number of aromatic nitrogens is 1. The Labute approximate surface area is 245 Å². The number of nitrogens with zero attached hydrogens (tertiary/aromatic N) is 3. The number of thiazole rings is 1. The summed E-state index contributed by atoms with van der Waals surface area (Å²) in [6.07, 6.45) is 0.268. The first-order valence-corrected chi connectivity index (χ1v) is 14.9. The molecule has 1 aromatic heterocycles. The Morgan fingerprint density at radius 1 is 1.07 bits per heavy atom. The van der Waals surface area contributed by atoms with Crippen LogP contribution in [0.15, 0.2) is 30.5 Å². The van der Waals surface area contributed by atoms with E-state index >= 15 is 0 Å². The lowest BCUT2D eigenvalue weighted by Crippen LogP contribution is -2.46. The number of carbonyl (C=O) groups is 3. The fraction of sp³-hybridized carbons (Fsp3) is 0.571. The van der Waals surface area contributed by atoms with Crippen LogP contribution in [0.5, 0.6) is 0 Å². The summed E-state index contributed by atoms with van der Waals surface area (Å²) in [5.74, 6) is -1.18. The van der Waals surface area contributed by atoms with E-state index in [0.717, 1.165) is 37.5 Å². The summed E-state index contributed by atoms with van der Waals surface area (Å²) in [6, 6.07) is 4.30. The van der Waals surface area contributed by atoms with Gasteiger partial charge in [-0.05, 0) is 50.3 Å². The zero-order valence-electron chi connectivity index (χ0n) is 23.0. The van der Waals surface area contributed by atoms with Crippen LogP contribution < -0.4 is 10.6 Å². The van der Waals surface area contributed by atoms with Gasteiger partial charge in [0.2, 0.25) is 5.91 Å². The summed E-state index contributed by atoms with van der Waals surface area (Å²) < 4.78 is 44.1. The number of ether oxygens (including phenoxy) is 1. The molecule has 0 unspecified atom stereocenters. The van der Waals surface area contributed by atoms with Crippen molar-refractivity contribution in [3.63, 3.8) is 0 Å². The lowest BCUT2D eigenvalue weighted by atomic mass is 9.81. The molecule has 2 aliphatic heterocycles. The first-order valence-electron chi connectivity index (χ1n) is 14.1. The Hall–Kier alpha value is -3.07. The van der Waals surface area contributed by atoms with Crippen LogP contribution >= 0.6 is 11.3 Å². The van der Waals surface area contributed by atoms with E-state index in [1.54, 1.807) is 16.0 Å². The van der Waals surface area contributed by atoms with Gasteiger partial charge in [0.15, 0.2) is 5.01 Å². The van der Waals surface area contributed by atoms with E-state index in [9.17, 15) is 32.7 Å². The number of halogens is 3. The topological polar surface area (TPSA) is 124 Å². The van der Waals surface area contributed by atoms with Gasteiger partial charge in [-0.25, -0.2) is 4.98 Å². The molecule has 3 fully saturated rings. The van der Waals surface area contributed by atoms with Gasteiger partial charge in [0, 0.05) is 50.0 Å². The average molecular weight is 610 g/mol. The highest BCUT2D eigenvalue weighted by atomic mass is 32.1. The number of nitrogens with one attached hydrogen (secondary N) is 2. The number of rotatable bonds is 7. The fourth-order valence-corrected chi connectivity index (χ4v) is 6.69. The van der Waals surface area contributed by atoms with E-state index in [4.69, 9.17) is 4.74 Å². The van der Waals surface area contributed by atoms with Gasteiger partial charge in [0.25, 0.3) is 11.8 Å². The van der Waals surface area contributed by atoms with Gasteiger partial charge in [-0.2, -0.15) is 13.2 Å². The Bertz CT molecular complexity index is 1290. The first kappa shape index (κ1) is 30.4. The molecule has 2 aromatic rings. The summed E-state index contributed by atoms with van der Waals surface area (Å²) >= 11 is 1.25. The van der Waals surface area contributed by atoms with Crippen LogP contribution in [0.4, 0.5) is 13.2 Å². The van der Waals surface area contributed by atoms with Crippen LogP contribution in [0.2, 0.25) is 0 Å².